The molecule has 0 atom stereocenters. The first-order chi connectivity index (χ1) is 12.2. The van der Waals surface area contributed by atoms with E-state index in [1.54, 1.807) is 31.4 Å². The van der Waals surface area contributed by atoms with Crippen LogP contribution < -0.4 is 19.5 Å². The summed E-state index contributed by atoms with van der Waals surface area (Å²) in [6.07, 6.45) is 1.80. The van der Waals surface area contributed by atoms with Crippen molar-refractivity contribution < 1.29 is 19.0 Å². The molecular formula is C19H18ClNO4. The Hall–Kier alpha value is -2.66. The van der Waals surface area contributed by atoms with E-state index in [0.717, 1.165) is 22.8 Å². The number of rotatable bonds is 6. The average Bonchev–Trinajstić information content (AvgIpc) is 2.65. The minimum absolute atomic E-state index is 0.177. The molecule has 0 bridgehead atoms. The van der Waals surface area contributed by atoms with Gasteiger partial charge in [0, 0.05) is 10.6 Å². The Morgan fingerprint density at radius 3 is 2.72 bits per heavy atom. The van der Waals surface area contributed by atoms with Gasteiger partial charge in [-0.1, -0.05) is 11.6 Å². The molecule has 1 N–H and O–H groups in total. The van der Waals surface area contributed by atoms with Gasteiger partial charge in [0.1, 0.15) is 30.5 Å². The van der Waals surface area contributed by atoms with Gasteiger partial charge in [-0.05, 0) is 48.5 Å². The molecule has 2 aromatic carbocycles. The molecule has 0 saturated heterocycles. The molecule has 0 spiro atoms. The molecule has 3 rings (SSSR count). The summed E-state index contributed by atoms with van der Waals surface area (Å²) in [4.78, 5) is 12.2. The van der Waals surface area contributed by atoms with Crippen LogP contribution in [0, 0.1) is 0 Å². The van der Waals surface area contributed by atoms with E-state index in [2.05, 4.69) is 5.32 Å². The number of carbonyl (C=O) groups excluding carboxylic acids is 1. The van der Waals surface area contributed by atoms with Gasteiger partial charge in [0.05, 0.1) is 19.2 Å². The summed E-state index contributed by atoms with van der Waals surface area (Å²) in [5, 5.41) is 3.43. The van der Waals surface area contributed by atoms with Crippen molar-refractivity contribution in [2.75, 3.05) is 26.9 Å². The van der Waals surface area contributed by atoms with E-state index in [9.17, 15) is 4.79 Å². The number of hydrogen-bond donors (Lipinski definition) is 1. The summed E-state index contributed by atoms with van der Waals surface area (Å²) in [5.41, 5.74) is 1.36. The number of halogens is 1. The van der Waals surface area contributed by atoms with Crippen LogP contribution in [0.4, 0.5) is 0 Å². The lowest BCUT2D eigenvalue weighted by Crippen LogP contribution is -2.31. The molecule has 1 amide bonds. The number of nitrogens with one attached hydrogen (secondary N) is 1. The Balaban J connectivity index is 1.49. The highest BCUT2D eigenvalue weighted by Gasteiger charge is 2.17. The Morgan fingerprint density at radius 2 is 1.96 bits per heavy atom. The van der Waals surface area contributed by atoms with Gasteiger partial charge in [-0.2, -0.15) is 0 Å². The molecule has 6 heteroatoms. The predicted molar refractivity (Wildman–Crippen MR) is 96.4 cm³/mol. The Labute approximate surface area is 151 Å². The van der Waals surface area contributed by atoms with Gasteiger partial charge in [0.25, 0.3) is 5.91 Å². The van der Waals surface area contributed by atoms with Gasteiger partial charge >= 0.3 is 0 Å². The van der Waals surface area contributed by atoms with Crippen molar-refractivity contribution in [2.45, 2.75) is 0 Å². The summed E-state index contributed by atoms with van der Waals surface area (Å²) in [6.45, 7) is 0.999. The van der Waals surface area contributed by atoms with Crippen LogP contribution >= 0.6 is 11.6 Å². The van der Waals surface area contributed by atoms with Crippen LogP contribution in [0.15, 0.2) is 48.0 Å². The molecule has 0 aliphatic carbocycles. The largest absolute Gasteiger partial charge is 0.497 e. The fourth-order valence-electron chi connectivity index (χ4n) is 2.40. The monoisotopic (exact) mass is 359 g/mol. The molecule has 25 heavy (non-hydrogen) atoms. The van der Waals surface area contributed by atoms with E-state index < -0.39 is 0 Å². The number of methoxy groups -OCH3 is 1. The van der Waals surface area contributed by atoms with Gasteiger partial charge in [0.2, 0.25) is 0 Å². The zero-order valence-corrected chi connectivity index (χ0v) is 14.5. The van der Waals surface area contributed by atoms with Crippen LogP contribution in [-0.2, 0) is 4.79 Å². The molecule has 0 unspecified atom stereocenters. The quantitative estimate of drug-likeness (QED) is 0.804. The van der Waals surface area contributed by atoms with Crippen LogP contribution in [0.5, 0.6) is 17.2 Å². The van der Waals surface area contributed by atoms with E-state index in [4.69, 9.17) is 25.8 Å². The standard InChI is InChI=1S/C19H18ClNO4/c1-23-16-3-5-17(6-4-16)24-9-8-21-19(22)14-10-13-11-15(20)2-7-18(13)25-12-14/h2-7,10-11H,8-9,12H2,1H3,(H,21,22). The second-order valence-electron chi connectivity index (χ2n) is 5.42. The van der Waals surface area contributed by atoms with Crippen molar-refractivity contribution in [3.63, 3.8) is 0 Å². The first kappa shape index (κ1) is 17.2. The zero-order valence-electron chi connectivity index (χ0n) is 13.8. The minimum atomic E-state index is -0.177. The lowest BCUT2D eigenvalue weighted by molar-refractivity contribution is -0.117. The molecule has 1 aliphatic heterocycles. The predicted octanol–water partition coefficient (Wildman–Crippen LogP) is 3.32. The zero-order chi connectivity index (χ0) is 17.6. The highest BCUT2D eigenvalue weighted by atomic mass is 35.5. The fourth-order valence-corrected chi connectivity index (χ4v) is 2.58. The number of ether oxygens (including phenoxy) is 3. The number of benzene rings is 2. The average molecular weight is 360 g/mol. The minimum Gasteiger partial charge on any atom is -0.497 e. The summed E-state index contributed by atoms with van der Waals surface area (Å²) in [7, 11) is 1.61. The highest BCUT2D eigenvalue weighted by Crippen LogP contribution is 2.28. The molecule has 0 fully saturated rings. The van der Waals surface area contributed by atoms with Gasteiger partial charge in [-0.15, -0.1) is 0 Å². The SMILES string of the molecule is COc1ccc(OCCNC(=O)C2=Cc3cc(Cl)ccc3OC2)cc1. The normalized spacial score (nSPS) is 12.5. The Bertz CT molecular complexity index is 787. The lowest BCUT2D eigenvalue weighted by Gasteiger charge is -2.18. The molecule has 0 aromatic heterocycles. The summed E-state index contributed by atoms with van der Waals surface area (Å²) < 4.78 is 16.2. The third kappa shape index (κ3) is 4.45. The molecule has 5 nitrogen and oxygen atoms in total. The highest BCUT2D eigenvalue weighted by molar-refractivity contribution is 6.30. The van der Waals surface area contributed by atoms with E-state index in [1.807, 2.05) is 24.3 Å². The van der Waals surface area contributed by atoms with Gasteiger partial charge in [-0.3, -0.25) is 4.79 Å². The van der Waals surface area contributed by atoms with E-state index in [0.29, 0.717) is 23.7 Å². The topological polar surface area (TPSA) is 56.8 Å². The fraction of sp³-hybridized carbons (Fsp3) is 0.211. The number of amides is 1. The first-order valence-corrected chi connectivity index (χ1v) is 8.21. The Morgan fingerprint density at radius 1 is 1.20 bits per heavy atom. The molecule has 2 aromatic rings. The number of carbonyl (C=O) groups is 1. The van der Waals surface area contributed by atoms with Crippen LogP contribution in [0.2, 0.25) is 5.02 Å². The van der Waals surface area contributed by atoms with Crippen LogP contribution in [0.1, 0.15) is 5.56 Å². The van der Waals surface area contributed by atoms with E-state index in [-0.39, 0.29) is 12.5 Å². The third-order valence-corrected chi connectivity index (χ3v) is 3.93. The van der Waals surface area contributed by atoms with Crippen molar-refractivity contribution in [1.82, 2.24) is 5.32 Å². The van der Waals surface area contributed by atoms with Crippen molar-refractivity contribution in [2.24, 2.45) is 0 Å². The van der Waals surface area contributed by atoms with E-state index in [1.165, 1.54) is 0 Å². The molecule has 0 radical (unpaired) electrons. The van der Waals surface area contributed by atoms with Crippen molar-refractivity contribution in [1.29, 1.82) is 0 Å². The summed E-state index contributed by atoms with van der Waals surface area (Å²) in [5.74, 6) is 2.04. The second kappa shape index (κ2) is 7.94. The van der Waals surface area contributed by atoms with Crippen LogP contribution in [-0.4, -0.2) is 32.8 Å². The number of fused-ring (bicyclic) bond motifs is 1. The maximum atomic E-state index is 12.2. The molecule has 1 aliphatic rings. The number of hydrogen-bond acceptors (Lipinski definition) is 4. The summed E-state index contributed by atoms with van der Waals surface area (Å²) in [6, 6.07) is 12.6. The van der Waals surface area contributed by atoms with Gasteiger partial charge in [0.15, 0.2) is 0 Å². The smallest absolute Gasteiger partial charge is 0.250 e. The van der Waals surface area contributed by atoms with Gasteiger partial charge in [-0.25, -0.2) is 0 Å². The molecule has 1 heterocycles. The Kier molecular flexibility index (Phi) is 5.46. The first-order valence-electron chi connectivity index (χ1n) is 7.83. The van der Waals surface area contributed by atoms with Crippen LogP contribution in [0.25, 0.3) is 6.08 Å². The summed E-state index contributed by atoms with van der Waals surface area (Å²) >= 11 is 5.97. The van der Waals surface area contributed by atoms with Crippen molar-refractivity contribution in [3.05, 3.63) is 58.6 Å². The molecule has 0 saturated carbocycles. The molecular weight excluding hydrogens is 342 g/mol. The van der Waals surface area contributed by atoms with E-state index >= 15 is 0 Å². The maximum Gasteiger partial charge on any atom is 0.250 e. The van der Waals surface area contributed by atoms with Gasteiger partial charge < -0.3 is 19.5 Å². The molecule has 130 valence electrons. The third-order valence-electron chi connectivity index (χ3n) is 3.69. The second-order valence-corrected chi connectivity index (χ2v) is 5.86. The van der Waals surface area contributed by atoms with Crippen molar-refractivity contribution in [3.8, 4) is 17.2 Å². The lowest BCUT2D eigenvalue weighted by atomic mass is 10.1. The maximum absolute atomic E-state index is 12.2. The van der Waals surface area contributed by atoms with Crippen LogP contribution in [0.3, 0.4) is 0 Å². The van der Waals surface area contributed by atoms with Crippen molar-refractivity contribution >= 4 is 23.6 Å².